The number of para-hydroxylation sites is 1. The van der Waals surface area contributed by atoms with Gasteiger partial charge in [0.15, 0.2) is 18.0 Å². The van der Waals surface area contributed by atoms with Crippen molar-refractivity contribution in [3.05, 3.63) is 53.1 Å². The zero-order valence-electron chi connectivity index (χ0n) is 16.3. The molecule has 1 aliphatic heterocycles. The third-order valence-electron chi connectivity index (χ3n) is 4.68. The van der Waals surface area contributed by atoms with Crippen molar-refractivity contribution in [3.8, 4) is 5.69 Å². The molecule has 0 aliphatic carbocycles. The minimum Gasteiger partial charge on any atom is -0.479 e. The predicted molar refractivity (Wildman–Crippen MR) is 109 cm³/mol. The number of likely N-dealkylation sites (N-methyl/N-ethyl adjacent to an activating group) is 1. The highest BCUT2D eigenvalue weighted by Crippen LogP contribution is 2.23. The first-order chi connectivity index (χ1) is 14.9. The summed E-state index contributed by atoms with van der Waals surface area (Å²) in [5.41, 5.74) is 3.02. The molecule has 3 atom stereocenters. The fourth-order valence-corrected chi connectivity index (χ4v) is 3.53. The van der Waals surface area contributed by atoms with E-state index < -0.39 is 36.0 Å². The molecule has 12 heteroatoms. The third-order valence-corrected chi connectivity index (χ3v) is 5.32. The summed E-state index contributed by atoms with van der Waals surface area (Å²) >= 11 is 1.36. The Hall–Kier alpha value is -3.64. The van der Waals surface area contributed by atoms with Crippen LogP contribution in [0.25, 0.3) is 5.69 Å². The fourth-order valence-electron chi connectivity index (χ4n) is 2.96. The third kappa shape index (κ3) is 4.59. The van der Waals surface area contributed by atoms with Gasteiger partial charge in [0.05, 0.1) is 23.1 Å². The molecule has 1 aliphatic rings. The largest absolute Gasteiger partial charge is 0.479 e. The van der Waals surface area contributed by atoms with Crippen molar-refractivity contribution in [2.75, 3.05) is 11.9 Å². The van der Waals surface area contributed by atoms with E-state index in [9.17, 15) is 14.4 Å². The van der Waals surface area contributed by atoms with Crippen molar-refractivity contribution in [1.82, 2.24) is 25.3 Å². The number of carbonyl (C=O) groups excluding carboxylic acids is 2. The Kier molecular flexibility index (Phi) is 5.73. The summed E-state index contributed by atoms with van der Waals surface area (Å²) in [5.74, 6) is -2.05. The first-order valence-electron chi connectivity index (χ1n) is 9.25. The van der Waals surface area contributed by atoms with Crippen LogP contribution in [0.15, 0.2) is 47.4 Å². The van der Waals surface area contributed by atoms with Crippen LogP contribution in [-0.4, -0.2) is 68.2 Å². The van der Waals surface area contributed by atoms with Crippen LogP contribution in [0.1, 0.15) is 5.69 Å². The van der Waals surface area contributed by atoms with E-state index in [0.29, 0.717) is 5.69 Å². The lowest BCUT2D eigenvalue weighted by molar-refractivity contribution is -0.138. The van der Waals surface area contributed by atoms with Crippen molar-refractivity contribution in [2.45, 2.75) is 24.7 Å². The minimum absolute atomic E-state index is 0.135. The Morgan fingerprint density at radius 1 is 1.29 bits per heavy atom. The standard InChI is InChI=1S/C19H18N6O5S/c1-24(14-8-25(23-22-14)12-5-3-2-4-6-12)18(27)13(7-11-9-31-10-20-11)21-17(26)15-16(30-15)19(28)29/h2-6,8-10,13,15-16H,7H2,1H3,(H,21,26)(H,28,29)/t13-,15-,16-/m0/s1. The topological polar surface area (TPSA) is 143 Å². The molecule has 31 heavy (non-hydrogen) atoms. The Balaban J connectivity index is 1.50. The van der Waals surface area contributed by atoms with E-state index in [1.807, 2.05) is 30.3 Å². The summed E-state index contributed by atoms with van der Waals surface area (Å²) in [6.07, 6.45) is -0.583. The van der Waals surface area contributed by atoms with Crippen LogP contribution in [0, 0.1) is 0 Å². The van der Waals surface area contributed by atoms with Crippen LogP contribution >= 0.6 is 11.3 Å². The molecular weight excluding hydrogens is 424 g/mol. The van der Waals surface area contributed by atoms with Gasteiger partial charge in [0, 0.05) is 18.8 Å². The Bertz CT molecular complexity index is 1090. The summed E-state index contributed by atoms with van der Waals surface area (Å²) in [4.78, 5) is 42.0. The lowest BCUT2D eigenvalue weighted by Gasteiger charge is -2.22. The average Bonchev–Trinajstić information content (AvgIpc) is 3.17. The number of carboxylic acids is 1. The molecule has 0 bridgehead atoms. The molecule has 2 N–H and O–H groups in total. The molecule has 11 nitrogen and oxygen atoms in total. The van der Waals surface area contributed by atoms with Gasteiger partial charge in [-0.05, 0) is 12.1 Å². The number of rotatable bonds is 8. The van der Waals surface area contributed by atoms with Gasteiger partial charge in [0.25, 0.3) is 11.8 Å². The number of carboxylic acid groups (broad SMARTS) is 1. The van der Waals surface area contributed by atoms with Crippen molar-refractivity contribution < 1.29 is 24.2 Å². The Morgan fingerprint density at radius 2 is 2.06 bits per heavy atom. The van der Waals surface area contributed by atoms with Gasteiger partial charge in [-0.25, -0.2) is 14.5 Å². The molecule has 0 radical (unpaired) electrons. The maximum Gasteiger partial charge on any atom is 0.336 e. The van der Waals surface area contributed by atoms with Crippen molar-refractivity contribution in [1.29, 1.82) is 0 Å². The zero-order chi connectivity index (χ0) is 22.0. The molecule has 2 amide bonds. The number of ether oxygens (including phenoxy) is 1. The van der Waals surface area contributed by atoms with E-state index in [4.69, 9.17) is 9.84 Å². The van der Waals surface area contributed by atoms with E-state index in [1.54, 1.807) is 17.1 Å². The maximum absolute atomic E-state index is 13.2. The Morgan fingerprint density at radius 3 is 2.71 bits per heavy atom. The van der Waals surface area contributed by atoms with Crippen LogP contribution in [0.3, 0.4) is 0 Å². The first-order valence-corrected chi connectivity index (χ1v) is 10.2. The SMILES string of the molecule is CN(C(=O)[C@H](Cc1cscn1)NC(=O)[C@H]1O[C@@H]1C(=O)O)c1cn(-c2ccccc2)nn1. The molecule has 1 aromatic carbocycles. The normalized spacial score (nSPS) is 18.2. The minimum atomic E-state index is -1.22. The number of hydrogen-bond donors (Lipinski definition) is 2. The number of thiazole rings is 1. The molecule has 0 spiro atoms. The number of amides is 2. The summed E-state index contributed by atoms with van der Waals surface area (Å²) in [7, 11) is 1.52. The Labute approximate surface area is 180 Å². The second-order valence-corrected chi connectivity index (χ2v) is 7.53. The molecule has 0 saturated carbocycles. The fraction of sp³-hybridized carbons (Fsp3) is 0.263. The maximum atomic E-state index is 13.2. The van der Waals surface area contributed by atoms with E-state index in [-0.39, 0.29) is 12.2 Å². The molecule has 4 rings (SSSR count). The smallest absolute Gasteiger partial charge is 0.336 e. The first kappa shape index (κ1) is 20.6. The quantitative estimate of drug-likeness (QED) is 0.473. The number of hydrogen-bond acceptors (Lipinski definition) is 8. The summed E-state index contributed by atoms with van der Waals surface area (Å²) in [6, 6.07) is 8.30. The lowest BCUT2D eigenvalue weighted by Crippen LogP contribution is -2.50. The molecule has 3 aromatic rings. The molecule has 160 valence electrons. The van der Waals surface area contributed by atoms with Crippen LogP contribution < -0.4 is 10.2 Å². The van der Waals surface area contributed by atoms with Gasteiger partial charge >= 0.3 is 5.97 Å². The van der Waals surface area contributed by atoms with Crippen LogP contribution in [0.4, 0.5) is 5.82 Å². The van der Waals surface area contributed by atoms with E-state index in [2.05, 4.69) is 20.6 Å². The average molecular weight is 442 g/mol. The summed E-state index contributed by atoms with van der Waals surface area (Å²) in [5, 5.41) is 21.4. The highest BCUT2D eigenvalue weighted by atomic mass is 32.1. The van der Waals surface area contributed by atoms with Crippen LogP contribution in [0.2, 0.25) is 0 Å². The van der Waals surface area contributed by atoms with Crippen molar-refractivity contribution in [3.63, 3.8) is 0 Å². The van der Waals surface area contributed by atoms with E-state index >= 15 is 0 Å². The lowest BCUT2D eigenvalue weighted by atomic mass is 10.1. The number of carbonyl (C=O) groups is 3. The van der Waals surface area contributed by atoms with Gasteiger partial charge in [0.1, 0.15) is 6.04 Å². The molecule has 0 unspecified atom stereocenters. The second kappa shape index (κ2) is 8.62. The van der Waals surface area contributed by atoms with E-state index in [1.165, 1.54) is 28.0 Å². The molecular formula is C19H18N6O5S. The van der Waals surface area contributed by atoms with Crippen LogP contribution in [0.5, 0.6) is 0 Å². The highest BCUT2D eigenvalue weighted by molar-refractivity contribution is 7.07. The van der Waals surface area contributed by atoms with Gasteiger partial charge in [0.2, 0.25) is 0 Å². The number of epoxide rings is 1. The predicted octanol–water partition coefficient (Wildman–Crippen LogP) is 0.266. The number of benzene rings is 1. The number of aromatic nitrogens is 4. The van der Waals surface area contributed by atoms with Crippen molar-refractivity contribution in [2.24, 2.45) is 0 Å². The van der Waals surface area contributed by atoms with Crippen LogP contribution in [-0.2, 0) is 25.5 Å². The van der Waals surface area contributed by atoms with E-state index in [0.717, 1.165) is 5.69 Å². The zero-order valence-corrected chi connectivity index (χ0v) is 17.1. The van der Waals surface area contributed by atoms with Gasteiger partial charge < -0.3 is 15.2 Å². The summed E-state index contributed by atoms with van der Waals surface area (Å²) < 4.78 is 6.41. The number of aliphatic carboxylic acids is 1. The number of nitrogens with zero attached hydrogens (tertiary/aromatic N) is 5. The molecule has 3 heterocycles. The monoisotopic (exact) mass is 442 g/mol. The second-order valence-electron chi connectivity index (χ2n) is 6.81. The molecule has 1 saturated heterocycles. The number of nitrogens with one attached hydrogen (secondary N) is 1. The molecule has 1 fully saturated rings. The van der Waals surface area contributed by atoms with Gasteiger partial charge in [-0.15, -0.1) is 16.4 Å². The van der Waals surface area contributed by atoms with Crippen molar-refractivity contribution >= 4 is 34.9 Å². The molecule has 2 aromatic heterocycles. The van der Waals surface area contributed by atoms with Gasteiger partial charge in [-0.2, -0.15) is 0 Å². The summed E-state index contributed by atoms with van der Waals surface area (Å²) in [6.45, 7) is 0. The number of anilines is 1. The van der Waals surface area contributed by atoms with Gasteiger partial charge in [-0.1, -0.05) is 23.4 Å². The van der Waals surface area contributed by atoms with Gasteiger partial charge in [-0.3, -0.25) is 14.5 Å². The highest BCUT2D eigenvalue weighted by Gasteiger charge is 2.51.